The van der Waals surface area contributed by atoms with Gasteiger partial charge in [0, 0.05) is 81.2 Å². The fraction of sp³-hybridized carbons (Fsp3) is 0.568. The zero-order valence-corrected chi connectivity index (χ0v) is 29.1. The molecule has 50 heavy (non-hydrogen) atoms. The third-order valence-corrected chi connectivity index (χ3v) is 10.2. The Bertz CT molecular complexity index is 1490. The van der Waals surface area contributed by atoms with Crippen LogP contribution >= 0.6 is 0 Å². The molecule has 270 valence electrons. The number of allylic oxidation sites excluding steroid dienone is 1. The molecule has 1 atom stereocenters. The quantitative estimate of drug-likeness (QED) is 0.0893. The molecule has 0 spiro atoms. The van der Waals surface area contributed by atoms with Crippen LogP contribution in [0.25, 0.3) is 0 Å². The average Bonchev–Trinajstić information content (AvgIpc) is 3.64. The highest BCUT2D eigenvalue weighted by Gasteiger charge is 2.33. The molecule has 13 nitrogen and oxygen atoms in total. The molecule has 3 fully saturated rings. The number of aromatic nitrogens is 2. The number of nitrogen functional groups attached to an aromatic ring is 1. The van der Waals surface area contributed by atoms with Gasteiger partial charge in [-0.15, -0.1) is 0 Å². The predicted octanol–water partition coefficient (Wildman–Crippen LogP) is 4.99. The fourth-order valence-electron chi connectivity index (χ4n) is 7.14. The lowest BCUT2D eigenvalue weighted by molar-refractivity contribution is -0.132. The summed E-state index contributed by atoms with van der Waals surface area (Å²) in [6.45, 7) is 2.73. The summed E-state index contributed by atoms with van der Waals surface area (Å²) in [7, 11) is 0. The van der Waals surface area contributed by atoms with E-state index in [4.69, 9.17) is 15.9 Å². The normalized spacial score (nSPS) is 18.6. The van der Waals surface area contributed by atoms with E-state index in [1.165, 1.54) is 35.3 Å². The number of aromatic amines is 1. The minimum Gasteiger partial charge on any atom is -0.384 e. The standard InChI is InChI=1S/C37H52N8O5/c38-34(39)28-13-15-29(16-14-28)35(47)41-23-30-17-18-45(25-32(30)27-9-5-2-1-3-6-10-27)37(49)50-36(48)44-21-19-43(20-22-44)33(46)12-8-4-7-11-31-24-40-26-42-31/h13-16,24,26,30H,1-12,17-23,25H2,(H3,38,39)(H,40,42)(H,41,47). The zero-order chi connectivity index (χ0) is 35.3. The monoisotopic (exact) mass is 688 g/mol. The SMILES string of the molecule is N=C(N)c1ccc(C(=O)NCC2CCN(C(=O)OC(=O)N3CCN(C(=O)CCCCCc4cnc[nH]4)CC3)CC2=C2CCCCCCC2)cc1. The summed E-state index contributed by atoms with van der Waals surface area (Å²) in [5.41, 5.74) is 10.2. The maximum Gasteiger partial charge on any atom is 0.419 e. The molecule has 1 saturated carbocycles. The molecule has 1 unspecified atom stereocenters. The van der Waals surface area contributed by atoms with Gasteiger partial charge in [-0.2, -0.15) is 0 Å². The second-order valence-electron chi connectivity index (χ2n) is 13.6. The van der Waals surface area contributed by atoms with Crippen molar-refractivity contribution < 1.29 is 23.9 Å². The van der Waals surface area contributed by atoms with Crippen molar-refractivity contribution >= 4 is 29.8 Å². The van der Waals surface area contributed by atoms with Gasteiger partial charge in [0.1, 0.15) is 5.84 Å². The van der Waals surface area contributed by atoms with E-state index in [0.29, 0.717) is 69.8 Å². The van der Waals surface area contributed by atoms with Gasteiger partial charge in [0.25, 0.3) is 5.91 Å². The van der Waals surface area contributed by atoms with Crippen LogP contribution in [0.2, 0.25) is 0 Å². The smallest absolute Gasteiger partial charge is 0.384 e. The van der Waals surface area contributed by atoms with E-state index in [2.05, 4.69) is 15.3 Å². The lowest BCUT2D eigenvalue weighted by atomic mass is 9.83. The molecule has 0 bridgehead atoms. The van der Waals surface area contributed by atoms with Crippen LogP contribution < -0.4 is 11.1 Å². The molecule has 2 aromatic rings. The van der Waals surface area contributed by atoms with Gasteiger partial charge in [0.15, 0.2) is 0 Å². The fourth-order valence-corrected chi connectivity index (χ4v) is 7.14. The molecule has 1 aliphatic carbocycles. The molecule has 2 aliphatic heterocycles. The summed E-state index contributed by atoms with van der Waals surface area (Å²) in [6, 6.07) is 6.66. The number of rotatable bonds is 10. The van der Waals surface area contributed by atoms with E-state index < -0.39 is 12.2 Å². The summed E-state index contributed by atoms with van der Waals surface area (Å²) in [6.07, 6.45) is 14.7. The molecule has 13 heteroatoms. The van der Waals surface area contributed by atoms with Crippen LogP contribution in [-0.4, -0.2) is 100 Å². The second kappa shape index (κ2) is 18.4. The lowest BCUT2D eigenvalue weighted by Crippen LogP contribution is -2.52. The number of amides is 4. The maximum absolute atomic E-state index is 13.3. The first kappa shape index (κ1) is 36.6. The molecule has 0 radical (unpaired) electrons. The van der Waals surface area contributed by atoms with Crippen molar-refractivity contribution in [2.45, 2.75) is 83.5 Å². The van der Waals surface area contributed by atoms with E-state index in [1.54, 1.807) is 40.4 Å². The zero-order valence-electron chi connectivity index (χ0n) is 29.1. The summed E-state index contributed by atoms with van der Waals surface area (Å²) < 4.78 is 5.39. The topological polar surface area (TPSA) is 178 Å². The van der Waals surface area contributed by atoms with Gasteiger partial charge in [0.2, 0.25) is 5.91 Å². The summed E-state index contributed by atoms with van der Waals surface area (Å²) in [4.78, 5) is 64.1. The van der Waals surface area contributed by atoms with E-state index in [-0.39, 0.29) is 23.6 Å². The van der Waals surface area contributed by atoms with Crippen LogP contribution in [0.15, 0.2) is 47.9 Å². The molecule has 5 N–H and O–H groups in total. The van der Waals surface area contributed by atoms with Crippen molar-refractivity contribution in [3.8, 4) is 0 Å². The van der Waals surface area contributed by atoms with Crippen molar-refractivity contribution in [1.82, 2.24) is 30.0 Å². The van der Waals surface area contributed by atoms with Gasteiger partial charge in [-0.1, -0.05) is 43.4 Å². The lowest BCUT2D eigenvalue weighted by Gasteiger charge is -2.37. The molecular weight excluding hydrogens is 636 g/mol. The number of carbonyl (C=O) groups excluding carboxylic acids is 4. The summed E-state index contributed by atoms with van der Waals surface area (Å²) in [5, 5.41) is 10.7. The van der Waals surface area contributed by atoms with Crippen molar-refractivity contribution in [3.05, 3.63) is 64.8 Å². The van der Waals surface area contributed by atoms with Crippen molar-refractivity contribution in [3.63, 3.8) is 0 Å². The number of piperazine rings is 1. The number of piperidine rings is 1. The van der Waals surface area contributed by atoms with Crippen LogP contribution in [0.1, 0.15) is 98.7 Å². The number of hydrogen-bond acceptors (Lipinski definition) is 7. The van der Waals surface area contributed by atoms with E-state index in [9.17, 15) is 19.2 Å². The second-order valence-corrected chi connectivity index (χ2v) is 13.6. The number of hydrogen-bond donors (Lipinski definition) is 4. The van der Waals surface area contributed by atoms with Gasteiger partial charge >= 0.3 is 12.2 Å². The number of amidine groups is 1. The van der Waals surface area contributed by atoms with Crippen LogP contribution in [0.5, 0.6) is 0 Å². The van der Waals surface area contributed by atoms with Gasteiger partial charge in [0.05, 0.1) is 6.33 Å². The van der Waals surface area contributed by atoms with Crippen LogP contribution in [0.4, 0.5) is 9.59 Å². The number of nitrogens with zero attached hydrogens (tertiary/aromatic N) is 4. The minimum atomic E-state index is -0.675. The van der Waals surface area contributed by atoms with E-state index >= 15 is 0 Å². The Morgan fingerprint density at radius 3 is 2.20 bits per heavy atom. The number of carbonyl (C=O) groups is 4. The Labute approximate surface area is 294 Å². The first-order valence-electron chi connectivity index (χ1n) is 18.2. The van der Waals surface area contributed by atoms with Gasteiger partial charge < -0.3 is 35.5 Å². The van der Waals surface area contributed by atoms with Gasteiger partial charge in [-0.05, 0) is 69.1 Å². The summed E-state index contributed by atoms with van der Waals surface area (Å²) in [5.74, 6) is -0.0759. The third-order valence-electron chi connectivity index (χ3n) is 10.2. The molecule has 3 heterocycles. The van der Waals surface area contributed by atoms with Crippen LogP contribution in [-0.2, 0) is 16.0 Å². The van der Waals surface area contributed by atoms with E-state index in [0.717, 1.165) is 57.1 Å². The number of likely N-dealkylation sites (tertiary alicyclic amines) is 1. The molecule has 1 aromatic heterocycles. The first-order valence-corrected chi connectivity index (χ1v) is 18.2. The number of nitrogens with one attached hydrogen (secondary N) is 3. The third kappa shape index (κ3) is 10.4. The number of aryl methyl sites for hydroxylation is 1. The first-order chi connectivity index (χ1) is 24.3. The number of nitrogens with two attached hydrogens (primary N) is 1. The molecule has 2 saturated heterocycles. The highest BCUT2D eigenvalue weighted by molar-refractivity contribution is 5.98. The minimum absolute atomic E-state index is 0.0477. The molecule has 3 aliphatic rings. The highest BCUT2D eigenvalue weighted by Crippen LogP contribution is 2.32. The maximum atomic E-state index is 13.3. The highest BCUT2D eigenvalue weighted by atomic mass is 16.6. The Morgan fingerprint density at radius 2 is 1.52 bits per heavy atom. The summed E-state index contributed by atoms with van der Waals surface area (Å²) >= 11 is 0. The van der Waals surface area contributed by atoms with Crippen molar-refractivity contribution in [2.24, 2.45) is 11.7 Å². The number of H-pyrrole nitrogens is 1. The van der Waals surface area contributed by atoms with Gasteiger partial charge in [-0.3, -0.25) is 15.0 Å². The Morgan fingerprint density at radius 1 is 0.860 bits per heavy atom. The Balaban J connectivity index is 1.10. The molecule has 4 amide bonds. The molecule has 1 aromatic carbocycles. The Hall–Kier alpha value is -4.68. The Kier molecular flexibility index (Phi) is 13.4. The predicted molar refractivity (Wildman–Crippen MR) is 190 cm³/mol. The van der Waals surface area contributed by atoms with E-state index in [1.807, 2.05) is 6.20 Å². The molecule has 5 rings (SSSR count). The van der Waals surface area contributed by atoms with Crippen LogP contribution in [0, 0.1) is 11.3 Å². The number of unbranched alkanes of at least 4 members (excludes halogenated alkanes) is 2. The number of benzene rings is 1. The molecular formula is C37H52N8O5. The number of ether oxygens (including phenoxy) is 1. The average molecular weight is 689 g/mol. The largest absolute Gasteiger partial charge is 0.419 e. The number of imidazole rings is 1. The van der Waals surface area contributed by atoms with Crippen molar-refractivity contribution in [2.75, 3.05) is 45.8 Å². The van der Waals surface area contributed by atoms with Crippen molar-refractivity contribution in [1.29, 1.82) is 5.41 Å². The van der Waals surface area contributed by atoms with Gasteiger partial charge in [-0.25, -0.2) is 14.6 Å². The van der Waals surface area contributed by atoms with Crippen LogP contribution in [0.3, 0.4) is 0 Å².